The van der Waals surface area contributed by atoms with Gasteiger partial charge in [-0.2, -0.15) is 0 Å². The van der Waals surface area contributed by atoms with E-state index >= 15 is 0 Å². The number of benzene rings is 1. The number of carbonyl (C=O) groups excluding carboxylic acids is 1. The lowest BCUT2D eigenvalue weighted by Gasteiger charge is -2.34. The summed E-state index contributed by atoms with van der Waals surface area (Å²) < 4.78 is 0. The molecule has 0 saturated carbocycles. The number of amides is 1. The molecule has 1 aromatic heterocycles. The van der Waals surface area contributed by atoms with Gasteiger partial charge in [-0.1, -0.05) is 29.8 Å². The summed E-state index contributed by atoms with van der Waals surface area (Å²) in [6.45, 7) is 6.05. The van der Waals surface area contributed by atoms with Gasteiger partial charge >= 0.3 is 0 Å². The number of nitrogens with zero attached hydrogens (tertiary/aromatic N) is 2. The number of aliphatic hydroxyl groups is 1. The average Bonchev–Trinajstić information content (AvgIpc) is 3.05. The van der Waals surface area contributed by atoms with Crippen molar-refractivity contribution in [3.63, 3.8) is 0 Å². The second-order valence-corrected chi connectivity index (χ2v) is 6.80. The molecule has 0 aliphatic carbocycles. The molecule has 1 amide bonds. The van der Waals surface area contributed by atoms with Crippen LogP contribution in [0.4, 0.5) is 0 Å². The molecule has 2 aromatic rings. The molecular weight excluding hydrogens is 308 g/mol. The van der Waals surface area contributed by atoms with Crippen molar-refractivity contribution in [2.24, 2.45) is 0 Å². The number of carbonyl (C=O) groups is 1. The fourth-order valence-corrected chi connectivity index (χ4v) is 3.78. The van der Waals surface area contributed by atoms with Crippen molar-refractivity contribution in [3.05, 3.63) is 46.2 Å². The first-order valence-electron chi connectivity index (χ1n) is 7.96. The highest BCUT2D eigenvalue weighted by Gasteiger charge is 2.24. The van der Waals surface area contributed by atoms with E-state index in [-0.39, 0.29) is 12.5 Å². The highest BCUT2D eigenvalue weighted by molar-refractivity contribution is 7.12. The van der Waals surface area contributed by atoms with Crippen LogP contribution in [0.1, 0.15) is 15.2 Å². The molecule has 0 spiro atoms. The molecule has 3 rings (SSSR count). The van der Waals surface area contributed by atoms with Crippen molar-refractivity contribution in [2.45, 2.75) is 6.92 Å². The van der Waals surface area contributed by atoms with E-state index in [0.29, 0.717) is 6.54 Å². The standard InChI is InChI=1S/C18H22N2O2S/c1-14-2-4-15(5-3-14)16-6-13-23-17(16)18(22)20-9-7-19(8-10-20)11-12-21/h2-6,13,21H,7-12H2,1H3. The molecule has 5 heteroatoms. The van der Waals surface area contributed by atoms with Crippen LogP contribution in [0.25, 0.3) is 11.1 Å². The Hall–Kier alpha value is -1.69. The van der Waals surface area contributed by atoms with Crippen molar-refractivity contribution in [1.82, 2.24) is 9.80 Å². The summed E-state index contributed by atoms with van der Waals surface area (Å²) in [6.07, 6.45) is 0. The van der Waals surface area contributed by atoms with E-state index in [1.54, 1.807) is 0 Å². The zero-order chi connectivity index (χ0) is 16.2. The molecular formula is C18H22N2O2S. The molecule has 23 heavy (non-hydrogen) atoms. The van der Waals surface area contributed by atoms with Gasteiger partial charge in [-0.15, -0.1) is 11.3 Å². The van der Waals surface area contributed by atoms with E-state index in [4.69, 9.17) is 5.11 Å². The van der Waals surface area contributed by atoms with Crippen LogP contribution in [-0.4, -0.2) is 60.1 Å². The molecule has 4 nitrogen and oxygen atoms in total. The maximum Gasteiger partial charge on any atom is 0.264 e. The van der Waals surface area contributed by atoms with Crippen LogP contribution in [0.2, 0.25) is 0 Å². The first-order chi connectivity index (χ1) is 11.2. The summed E-state index contributed by atoms with van der Waals surface area (Å²) in [6, 6.07) is 10.3. The summed E-state index contributed by atoms with van der Waals surface area (Å²) in [7, 11) is 0. The number of aliphatic hydroxyl groups excluding tert-OH is 1. The predicted molar refractivity (Wildman–Crippen MR) is 93.9 cm³/mol. The van der Waals surface area contributed by atoms with Crippen LogP contribution < -0.4 is 0 Å². The van der Waals surface area contributed by atoms with E-state index < -0.39 is 0 Å². The van der Waals surface area contributed by atoms with Crippen LogP contribution in [0.5, 0.6) is 0 Å². The van der Waals surface area contributed by atoms with Crippen molar-refractivity contribution in [3.8, 4) is 11.1 Å². The number of rotatable bonds is 4. The minimum atomic E-state index is 0.124. The highest BCUT2D eigenvalue weighted by Crippen LogP contribution is 2.30. The van der Waals surface area contributed by atoms with Crippen LogP contribution in [-0.2, 0) is 0 Å². The monoisotopic (exact) mass is 330 g/mol. The minimum absolute atomic E-state index is 0.124. The maximum atomic E-state index is 12.9. The second kappa shape index (κ2) is 7.25. The van der Waals surface area contributed by atoms with Gasteiger partial charge in [-0.25, -0.2) is 0 Å². The topological polar surface area (TPSA) is 43.8 Å². The summed E-state index contributed by atoms with van der Waals surface area (Å²) >= 11 is 1.52. The smallest absolute Gasteiger partial charge is 0.264 e. The molecule has 2 heterocycles. The molecule has 0 bridgehead atoms. The molecule has 122 valence electrons. The number of aryl methyl sites for hydroxylation is 1. The molecule has 1 aliphatic rings. The number of piperazine rings is 1. The van der Waals surface area contributed by atoms with E-state index in [0.717, 1.165) is 42.2 Å². The van der Waals surface area contributed by atoms with Crippen LogP contribution in [0.15, 0.2) is 35.7 Å². The normalized spacial score (nSPS) is 15.8. The Morgan fingerprint density at radius 3 is 2.48 bits per heavy atom. The lowest BCUT2D eigenvalue weighted by Crippen LogP contribution is -2.49. The van der Waals surface area contributed by atoms with Crippen LogP contribution in [0, 0.1) is 6.92 Å². The largest absolute Gasteiger partial charge is 0.395 e. The SMILES string of the molecule is Cc1ccc(-c2ccsc2C(=O)N2CCN(CCO)CC2)cc1. The average molecular weight is 330 g/mol. The third-order valence-corrected chi connectivity index (χ3v) is 5.20. The number of β-amino-alcohol motifs (C(OH)–C–C–N with tert-alkyl or cyclic N) is 1. The summed E-state index contributed by atoms with van der Waals surface area (Å²) in [4.78, 5) is 17.8. The van der Waals surface area contributed by atoms with E-state index in [1.165, 1.54) is 16.9 Å². The zero-order valence-corrected chi connectivity index (χ0v) is 14.2. The Kier molecular flexibility index (Phi) is 5.10. The van der Waals surface area contributed by atoms with Gasteiger partial charge in [0.1, 0.15) is 0 Å². The Balaban J connectivity index is 1.74. The number of hydrogen-bond donors (Lipinski definition) is 1. The summed E-state index contributed by atoms with van der Waals surface area (Å²) in [5.74, 6) is 0.124. The molecule has 1 N–H and O–H groups in total. The van der Waals surface area contributed by atoms with Gasteiger partial charge in [0.15, 0.2) is 0 Å². The molecule has 1 fully saturated rings. The lowest BCUT2D eigenvalue weighted by atomic mass is 10.0. The summed E-state index contributed by atoms with van der Waals surface area (Å²) in [5, 5.41) is 11.0. The maximum absolute atomic E-state index is 12.9. The van der Waals surface area contributed by atoms with Crippen molar-refractivity contribution in [1.29, 1.82) is 0 Å². The Labute approximate surface area is 141 Å². The Morgan fingerprint density at radius 1 is 1.13 bits per heavy atom. The van der Waals surface area contributed by atoms with Crippen LogP contribution >= 0.6 is 11.3 Å². The molecule has 0 unspecified atom stereocenters. The highest BCUT2D eigenvalue weighted by atomic mass is 32.1. The van der Waals surface area contributed by atoms with Gasteiger partial charge in [0, 0.05) is 38.3 Å². The van der Waals surface area contributed by atoms with Gasteiger partial charge in [0.2, 0.25) is 0 Å². The Morgan fingerprint density at radius 2 is 1.83 bits per heavy atom. The fourth-order valence-electron chi connectivity index (χ4n) is 2.89. The third kappa shape index (κ3) is 3.63. The summed E-state index contributed by atoms with van der Waals surface area (Å²) in [5.41, 5.74) is 3.34. The van der Waals surface area contributed by atoms with Crippen molar-refractivity contribution < 1.29 is 9.90 Å². The second-order valence-electron chi connectivity index (χ2n) is 5.89. The van der Waals surface area contributed by atoms with E-state index in [1.807, 2.05) is 16.3 Å². The van der Waals surface area contributed by atoms with E-state index in [2.05, 4.69) is 36.1 Å². The van der Waals surface area contributed by atoms with Gasteiger partial charge in [-0.3, -0.25) is 9.69 Å². The first-order valence-corrected chi connectivity index (χ1v) is 8.84. The van der Waals surface area contributed by atoms with Crippen LogP contribution in [0.3, 0.4) is 0 Å². The van der Waals surface area contributed by atoms with Gasteiger partial charge < -0.3 is 10.0 Å². The van der Waals surface area contributed by atoms with Gasteiger partial charge in [-0.05, 0) is 23.9 Å². The Bertz CT molecular complexity index is 658. The predicted octanol–water partition coefficient (Wildman–Crippen LogP) is 2.47. The zero-order valence-electron chi connectivity index (χ0n) is 13.4. The molecule has 1 aromatic carbocycles. The van der Waals surface area contributed by atoms with Crippen molar-refractivity contribution >= 4 is 17.2 Å². The fraction of sp³-hybridized carbons (Fsp3) is 0.389. The third-order valence-electron chi connectivity index (χ3n) is 4.30. The van der Waals surface area contributed by atoms with Crippen molar-refractivity contribution in [2.75, 3.05) is 39.3 Å². The minimum Gasteiger partial charge on any atom is -0.395 e. The van der Waals surface area contributed by atoms with Gasteiger partial charge in [0.05, 0.1) is 11.5 Å². The molecule has 1 aliphatic heterocycles. The number of thiophene rings is 1. The van der Waals surface area contributed by atoms with Gasteiger partial charge in [0.25, 0.3) is 5.91 Å². The lowest BCUT2D eigenvalue weighted by molar-refractivity contribution is 0.0620. The molecule has 0 atom stereocenters. The molecule has 0 radical (unpaired) electrons. The molecule has 1 saturated heterocycles. The van der Waals surface area contributed by atoms with E-state index in [9.17, 15) is 4.79 Å². The first kappa shape index (κ1) is 16.2. The quantitative estimate of drug-likeness (QED) is 0.937. The number of hydrogen-bond acceptors (Lipinski definition) is 4.